The number of benzene rings is 3. The molecule has 41 heavy (non-hydrogen) atoms. The Morgan fingerprint density at radius 2 is 1.56 bits per heavy atom. The lowest BCUT2D eigenvalue weighted by atomic mass is 10.0. The summed E-state index contributed by atoms with van der Waals surface area (Å²) in [6.07, 6.45) is -1.49. The number of phenolic OH excluding ortho intramolecular Hbond substituents is 1. The fraction of sp³-hybridized carbons (Fsp3) is 0.290. The molecule has 0 aliphatic carbocycles. The van der Waals surface area contributed by atoms with E-state index >= 15 is 0 Å². The first-order valence-corrected chi connectivity index (χ1v) is 13.4. The minimum absolute atomic E-state index is 0.0701. The van der Waals surface area contributed by atoms with Gasteiger partial charge in [-0.15, -0.1) is 0 Å². The number of carbonyl (C=O) groups is 4. The number of phenols is 1. The molecule has 1 aliphatic heterocycles. The van der Waals surface area contributed by atoms with E-state index in [0.717, 1.165) is 16.7 Å². The molecule has 3 aromatic rings. The van der Waals surface area contributed by atoms with Crippen molar-refractivity contribution < 1.29 is 33.8 Å². The molecule has 0 bridgehead atoms. The van der Waals surface area contributed by atoms with Crippen LogP contribution in [0.15, 0.2) is 78.9 Å². The van der Waals surface area contributed by atoms with Crippen LogP contribution in [0.2, 0.25) is 0 Å². The molecule has 0 aromatic heterocycles. The van der Waals surface area contributed by atoms with Gasteiger partial charge >= 0.3 is 5.97 Å². The van der Waals surface area contributed by atoms with Crippen molar-refractivity contribution in [3.05, 3.63) is 90.0 Å². The number of rotatable bonds is 13. The summed E-state index contributed by atoms with van der Waals surface area (Å²) in [5.74, 6) is -2.41. The quantitative estimate of drug-likeness (QED) is 0.214. The number of primary amides is 1. The van der Waals surface area contributed by atoms with Gasteiger partial charge in [0.25, 0.3) is 5.91 Å². The molecule has 0 spiro atoms. The molecule has 0 radical (unpaired) electrons. The maximum absolute atomic E-state index is 13.3. The van der Waals surface area contributed by atoms with Crippen molar-refractivity contribution in [1.29, 1.82) is 0 Å². The summed E-state index contributed by atoms with van der Waals surface area (Å²) in [4.78, 5) is 51.7. The van der Waals surface area contributed by atoms with E-state index in [2.05, 4.69) is 5.32 Å². The van der Waals surface area contributed by atoms with E-state index in [1.165, 1.54) is 17.0 Å². The highest BCUT2D eigenvalue weighted by Crippen LogP contribution is 2.26. The van der Waals surface area contributed by atoms with Crippen LogP contribution >= 0.6 is 0 Å². The zero-order valence-corrected chi connectivity index (χ0v) is 22.7. The zero-order valence-electron chi connectivity index (χ0n) is 22.7. The van der Waals surface area contributed by atoms with E-state index in [1.807, 2.05) is 54.6 Å². The van der Waals surface area contributed by atoms with E-state index in [1.54, 1.807) is 19.1 Å². The smallest absolute Gasteiger partial charge is 0.338 e. The highest BCUT2D eigenvalue weighted by molar-refractivity contribution is 5.95. The molecule has 1 saturated heterocycles. The Balaban J connectivity index is 1.42. The van der Waals surface area contributed by atoms with Crippen molar-refractivity contribution in [2.75, 3.05) is 19.7 Å². The fourth-order valence-electron chi connectivity index (χ4n) is 4.41. The topological polar surface area (TPSA) is 152 Å². The predicted molar refractivity (Wildman–Crippen MR) is 150 cm³/mol. The summed E-state index contributed by atoms with van der Waals surface area (Å²) in [6, 6.07) is 23.0. The minimum Gasteiger partial charge on any atom is -0.508 e. The van der Waals surface area contributed by atoms with Gasteiger partial charge in [0.1, 0.15) is 11.8 Å². The second-order valence-corrected chi connectivity index (χ2v) is 9.70. The largest absolute Gasteiger partial charge is 0.508 e. The Morgan fingerprint density at radius 3 is 2.20 bits per heavy atom. The Kier molecular flexibility index (Phi) is 9.70. The second kappa shape index (κ2) is 13.6. The van der Waals surface area contributed by atoms with Crippen LogP contribution in [0.25, 0.3) is 11.1 Å². The van der Waals surface area contributed by atoms with Crippen molar-refractivity contribution in [3.63, 3.8) is 0 Å². The Bertz CT molecular complexity index is 1360. The number of aromatic hydroxyl groups is 1. The maximum Gasteiger partial charge on any atom is 0.338 e. The van der Waals surface area contributed by atoms with Crippen LogP contribution in [0.5, 0.6) is 5.75 Å². The van der Waals surface area contributed by atoms with Crippen molar-refractivity contribution in [3.8, 4) is 16.9 Å². The van der Waals surface area contributed by atoms with Gasteiger partial charge in [-0.25, -0.2) is 4.79 Å². The summed E-state index contributed by atoms with van der Waals surface area (Å²) in [7, 11) is 0. The van der Waals surface area contributed by atoms with Crippen molar-refractivity contribution in [1.82, 2.24) is 10.2 Å². The lowest BCUT2D eigenvalue weighted by molar-refractivity contribution is -0.145. The summed E-state index contributed by atoms with van der Waals surface area (Å²) in [5, 5.41) is 12.1. The first kappa shape index (κ1) is 29.3. The average molecular weight is 560 g/mol. The van der Waals surface area contributed by atoms with Crippen LogP contribution in [0.3, 0.4) is 0 Å². The lowest BCUT2D eigenvalue weighted by Crippen LogP contribution is -2.50. The van der Waals surface area contributed by atoms with Gasteiger partial charge in [-0.1, -0.05) is 66.7 Å². The number of amides is 3. The van der Waals surface area contributed by atoms with E-state index < -0.39 is 41.9 Å². The van der Waals surface area contributed by atoms with Gasteiger partial charge in [0.05, 0.1) is 13.2 Å². The van der Waals surface area contributed by atoms with Gasteiger partial charge in [0.15, 0.2) is 12.2 Å². The third-order valence-corrected chi connectivity index (χ3v) is 6.69. The lowest BCUT2D eigenvalue weighted by Gasteiger charge is -2.23. The fourth-order valence-corrected chi connectivity index (χ4v) is 4.41. The van der Waals surface area contributed by atoms with Crippen molar-refractivity contribution in [2.45, 2.75) is 38.0 Å². The molecule has 0 saturated carbocycles. The Hall–Kier alpha value is -4.70. The average Bonchev–Trinajstić information content (AvgIpc) is 3.78. The van der Waals surface area contributed by atoms with Gasteiger partial charge in [-0.3, -0.25) is 14.4 Å². The van der Waals surface area contributed by atoms with E-state index in [4.69, 9.17) is 15.2 Å². The van der Waals surface area contributed by atoms with Crippen LogP contribution in [0.4, 0.5) is 0 Å². The van der Waals surface area contributed by atoms with Gasteiger partial charge < -0.3 is 30.5 Å². The molecule has 3 aromatic carbocycles. The number of nitrogens with two attached hydrogens (primary N) is 1. The molecular formula is C31H33N3O7. The molecule has 2 unspecified atom stereocenters. The van der Waals surface area contributed by atoms with Gasteiger partial charge in [0.2, 0.25) is 11.8 Å². The number of nitrogens with one attached hydrogen (secondary N) is 1. The number of nitrogens with zero attached hydrogens (tertiary/aromatic N) is 1. The summed E-state index contributed by atoms with van der Waals surface area (Å²) in [6.45, 7) is 1.62. The zero-order chi connectivity index (χ0) is 29.4. The standard InChI is InChI=1S/C31H33N3O7/c1-2-40-31(39)28-27(41-28)30(38)34(17-16-20-8-12-23(13-9-20)22-6-4-3-5-7-22)19-26(36)33-25(29(32)37)18-21-10-14-24(35)15-11-21/h3-15,25,27-28,35H,2,16-19H2,1H3,(H2,32,37)(H,33,36)/t25-,27?,28?/m0/s1. The first-order chi connectivity index (χ1) is 19.7. The van der Waals surface area contributed by atoms with Crippen LogP contribution < -0.4 is 11.1 Å². The SMILES string of the molecule is CCOC(=O)C1OC1C(=O)N(CCc1ccc(-c2ccccc2)cc1)CC(=O)N[C@@H](Cc1ccc(O)cc1)C(N)=O. The first-order valence-electron chi connectivity index (χ1n) is 13.4. The monoisotopic (exact) mass is 559 g/mol. The molecule has 3 amide bonds. The molecule has 10 heteroatoms. The van der Waals surface area contributed by atoms with E-state index in [-0.39, 0.29) is 31.9 Å². The second-order valence-electron chi connectivity index (χ2n) is 9.70. The molecule has 4 rings (SSSR count). The predicted octanol–water partition coefficient (Wildman–Crippen LogP) is 1.97. The molecule has 1 fully saturated rings. The third kappa shape index (κ3) is 8.15. The molecule has 214 valence electrons. The maximum atomic E-state index is 13.3. The number of esters is 1. The van der Waals surface area contributed by atoms with Crippen molar-refractivity contribution in [2.24, 2.45) is 5.73 Å². The summed E-state index contributed by atoms with van der Waals surface area (Å²) < 4.78 is 10.2. The Morgan fingerprint density at radius 1 is 0.927 bits per heavy atom. The van der Waals surface area contributed by atoms with Crippen LogP contribution in [-0.2, 0) is 41.5 Å². The molecule has 3 atom stereocenters. The summed E-state index contributed by atoms with van der Waals surface area (Å²) in [5.41, 5.74) is 9.29. The molecule has 1 aliphatic rings. The number of hydrogen-bond donors (Lipinski definition) is 3. The number of hydrogen-bond acceptors (Lipinski definition) is 7. The number of epoxide rings is 1. The van der Waals surface area contributed by atoms with Crippen molar-refractivity contribution >= 4 is 23.7 Å². The Labute approximate surface area is 238 Å². The molecule has 4 N–H and O–H groups in total. The molecule has 1 heterocycles. The number of ether oxygens (including phenoxy) is 2. The third-order valence-electron chi connectivity index (χ3n) is 6.69. The number of carbonyl (C=O) groups excluding carboxylic acids is 4. The van der Waals surface area contributed by atoms with Crippen LogP contribution in [0.1, 0.15) is 18.1 Å². The van der Waals surface area contributed by atoms with Gasteiger partial charge in [-0.05, 0) is 47.7 Å². The van der Waals surface area contributed by atoms with Crippen LogP contribution in [-0.4, -0.2) is 71.6 Å². The minimum atomic E-state index is -1.04. The van der Waals surface area contributed by atoms with E-state index in [0.29, 0.717) is 12.0 Å². The highest BCUT2D eigenvalue weighted by atomic mass is 16.6. The van der Waals surface area contributed by atoms with Gasteiger partial charge in [-0.2, -0.15) is 0 Å². The van der Waals surface area contributed by atoms with Gasteiger partial charge in [0, 0.05) is 13.0 Å². The van der Waals surface area contributed by atoms with Crippen LogP contribution in [0, 0.1) is 0 Å². The molecular weight excluding hydrogens is 526 g/mol. The normalized spacial score (nSPS) is 16.3. The molecule has 10 nitrogen and oxygen atoms in total. The summed E-state index contributed by atoms with van der Waals surface area (Å²) >= 11 is 0. The highest BCUT2D eigenvalue weighted by Gasteiger charge is 2.53. The van der Waals surface area contributed by atoms with E-state index in [9.17, 15) is 24.3 Å².